The highest BCUT2D eigenvalue weighted by atomic mass is 16.7. The summed E-state index contributed by atoms with van der Waals surface area (Å²) in [5.41, 5.74) is -0.362. The zero-order chi connectivity index (χ0) is 27.1. The minimum Gasteiger partial charge on any atom is -0.463 e. The highest BCUT2D eigenvalue weighted by Crippen LogP contribution is 2.36. The van der Waals surface area contributed by atoms with Gasteiger partial charge in [-0.2, -0.15) is 0 Å². The van der Waals surface area contributed by atoms with Crippen LogP contribution in [0, 0.1) is 35.0 Å². The van der Waals surface area contributed by atoms with Crippen LogP contribution in [0.2, 0.25) is 0 Å². The predicted molar refractivity (Wildman–Crippen MR) is 144 cm³/mol. The van der Waals surface area contributed by atoms with E-state index < -0.39 is 0 Å². The van der Waals surface area contributed by atoms with Gasteiger partial charge in [-0.1, -0.05) is 92.0 Å². The molecule has 2 rings (SSSR count). The van der Waals surface area contributed by atoms with Gasteiger partial charge in [0.15, 0.2) is 6.79 Å². The van der Waals surface area contributed by atoms with Crippen LogP contribution in [0.1, 0.15) is 87.5 Å². The molecule has 1 heterocycles. The van der Waals surface area contributed by atoms with Gasteiger partial charge in [0.25, 0.3) is 0 Å². The van der Waals surface area contributed by atoms with Crippen molar-refractivity contribution in [1.82, 2.24) is 0 Å². The van der Waals surface area contributed by atoms with Gasteiger partial charge in [-0.25, -0.2) is 0 Å². The average molecular weight is 509 g/mol. The maximum Gasteiger partial charge on any atom is 0.311 e. The van der Waals surface area contributed by atoms with Crippen molar-refractivity contribution < 1.29 is 28.5 Å². The molecule has 6 nitrogen and oxygen atoms in total. The van der Waals surface area contributed by atoms with E-state index in [9.17, 15) is 9.59 Å². The molecule has 1 aliphatic heterocycles. The zero-order valence-electron chi connectivity index (χ0n) is 24.1. The van der Waals surface area contributed by atoms with Gasteiger partial charge in [0.1, 0.15) is 12.7 Å². The summed E-state index contributed by atoms with van der Waals surface area (Å²) in [6.07, 6.45) is 13.8. The quantitative estimate of drug-likeness (QED) is 0.0851. The molecule has 0 aromatic rings. The second-order valence-electron chi connectivity index (χ2n) is 11.1. The first kappa shape index (κ1) is 32.4. The van der Waals surface area contributed by atoms with Gasteiger partial charge < -0.3 is 18.9 Å². The smallest absolute Gasteiger partial charge is 0.311 e. The first-order chi connectivity index (χ1) is 17.0. The van der Waals surface area contributed by atoms with Crippen molar-refractivity contribution in [1.29, 1.82) is 0 Å². The standard InChI is InChI=1S/C25H40O6.C5H12/c1-6-8-9-20-11-10-19(14-22(20)24(27)31-17-28-7-2)12-13-25(4,5)18(3)23(26)30-16-21-15-29-21;1-4-5(2)3/h10-13,18-22H,6-9,14-17H2,1-5H3;5H,4H2,1-3H3/b13-12+;. The maximum absolute atomic E-state index is 12.7. The van der Waals surface area contributed by atoms with Gasteiger partial charge in [0, 0.05) is 6.61 Å². The molecule has 1 fully saturated rings. The van der Waals surface area contributed by atoms with Gasteiger partial charge in [-0.05, 0) is 42.9 Å². The molecule has 0 N–H and O–H groups in total. The van der Waals surface area contributed by atoms with Crippen LogP contribution in [-0.2, 0) is 28.5 Å². The Bertz CT molecular complexity index is 692. The molecule has 208 valence electrons. The molecular weight excluding hydrogens is 456 g/mol. The lowest BCUT2D eigenvalue weighted by Crippen LogP contribution is -2.31. The van der Waals surface area contributed by atoms with Crippen LogP contribution in [0.5, 0.6) is 0 Å². The van der Waals surface area contributed by atoms with Crippen LogP contribution in [0.4, 0.5) is 0 Å². The van der Waals surface area contributed by atoms with Crippen molar-refractivity contribution in [3.05, 3.63) is 24.3 Å². The Hall–Kier alpha value is -1.66. The molecule has 5 atom stereocenters. The highest BCUT2D eigenvalue weighted by Gasteiger charge is 2.35. The Kier molecular flexibility index (Phi) is 15.3. The van der Waals surface area contributed by atoms with Crippen LogP contribution in [0.15, 0.2) is 24.3 Å². The zero-order valence-corrected chi connectivity index (χ0v) is 24.1. The van der Waals surface area contributed by atoms with Crippen molar-refractivity contribution in [2.45, 2.75) is 93.6 Å². The second-order valence-corrected chi connectivity index (χ2v) is 11.1. The molecule has 0 aromatic carbocycles. The fourth-order valence-corrected chi connectivity index (χ4v) is 3.69. The van der Waals surface area contributed by atoms with Crippen molar-refractivity contribution in [3.63, 3.8) is 0 Å². The number of carbonyl (C=O) groups is 2. The van der Waals surface area contributed by atoms with E-state index >= 15 is 0 Å². The number of esters is 2. The number of allylic oxidation sites excluding steroid dienone is 4. The lowest BCUT2D eigenvalue weighted by atomic mass is 9.75. The molecule has 2 aliphatic rings. The lowest BCUT2D eigenvalue weighted by molar-refractivity contribution is -0.163. The predicted octanol–water partition coefficient (Wildman–Crippen LogP) is 6.74. The molecule has 0 saturated carbocycles. The van der Waals surface area contributed by atoms with E-state index in [1.54, 1.807) is 0 Å². The fourth-order valence-electron chi connectivity index (χ4n) is 3.69. The van der Waals surface area contributed by atoms with Gasteiger partial charge in [0.2, 0.25) is 0 Å². The molecule has 1 aliphatic carbocycles. The Balaban J connectivity index is 0.00000118. The van der Waals surface area contributed by atoms with E-state index in [1.807, 2.05) is 27.7 Å². The average Bonchev–Trinajstić information content (AvgIpc) is 3.69. The molecule has 0 radical (unpaired) electrons. The highest BCUT2D eigenvalue weighted by molar-refractivity contribution is 5.74. The normalized spacial score (nSPS) is 24.2. The topological polar surface area (TPSA) is 74.4 Å². The maximum atomic E-state index is 12.7. The van der Waals surface area contributed by atoms with E-state index in [0.717, 1.165) is 25.2 Å². The van der Waals surface area contributed by atoms with Gasteiger partial charge in [-0.15, -0.1) is 0 Å². The van der Waals surface area contributed by atoms with E-state index in [-0.39, 0.29) is 53.9 Å². The summed E-state index contributed by atoms with van der Waals surface area (Å²) >= 11 is 0. The third-order valence-corrected chi connectivity index (χ3v) is 7.20. The molecule has 36 heavy (non-hydrogen) atoms. The Morgan fingerprint density at radius 2 is 1.78 bits per heavy atom. The van der Waals surface area contributed by atoms with Crippen molar-refractivity contribution >= 4 is 11.9 Å². The number of hydrogen-bond acceptors (Lipinski definition) is 6. The molecule has 0 spiro atoms. The molecule has 0 aromatic heterocycles. The van der Waals surface area contributed by atoms with Gasteiger partial charge in [-0.3, -0.25) is 9.59 Å². The lowest BCUT2D eigenvalue weighted by Gasteiger charge is -2.31. The number of rotatable bonds is 14. The first-order valence-electron chi connectivity index (χ1n) is 14.0. The van der Waals surface area contributed by atoms with E-state index in [2.05, 4.69) is 52.0 Å². The van der Waals surface area contributed by atoms with Crippen molar-refractivity contribution in [2.24, 2.45) is 35.0 Å². The number of ether oxygens (including phenoxy) is 4. The summed E-state index contributed by atoms with van der Waals surface area (Å²) in [5.74, 6) is 0.373. The summed E-state index contributed by atoms with van der Waals surface area (Å²) in [5, 5.41) is 0. The Morgan fingerprint density at radius 3 is 2.33 bits per heavy atom. The summed E-state index contributed by atoms with van der Waals surface area (Å²) < 4.78 is 21.0. The third kappa shape index (κ3) is 12.5. The van der Waals surface area contributed by atoms with Crippen molar-refractivity contribution in [3.8, 4) is 0 Å². The fraction of sp³-hybridized carbons (Fsp3) is 0.800. The number of carbonyl (C=O) groups excluding carboxylic acids is 2. The van der Waals surface area contributed by atoms with Crippen LogP contribution in [-0.4, -0.2) is 44.7 Å². The summed E-state index contributed by atoms with van der Waals surface area (Å²) in [7, 11) is 0. The van der Waals surface area contributed by atoms with Crippen LogP contribution >= 0.6 is 0 Å². The molecule has 0 bridgehead atoms. The second kappa shape index (κ2) is 17.0. The third-order valence-electron chi connectivity index (χ3n) is 7.20. The summed E-state index contributed by atoms with van der Waals surface area (Å²) in [4.78, 5) is 25.1. The van der Waals surface area contributed by atoms with Gasteiger partial charge in [0.05, 0.1) is 18.4 Å². The van der Waals surface area contributed by atoms with Crippen LogP contribution < -0.4 is 0 Å². The van der Waals surface area contributed by atoms with Gasteiger partial charge >= 0.3 is 11.9 Å². The van der Waals surface area contributed by atoms with Crippen LogP contribution in [0.25, 0.3) is 0 Å². The Morgan fingerprint density at radius 1 is 1.11 bits per heavy atom. The molecule has 0 amide bonds. The number of unbranched alkanes of at least 4 members (excludes halogenated alkanes) is 1. The van der Waals surface area contributed by atoms with E-state index in [4.69, 9.17) is 18.9 Å². The number of epoxide rings is 1. The molecule has 6 heteroatoms. The van der Waals surface area contributed by atoms with E-state index in [1.165, 1.54) is 6.42 Å². The Labute approximate surface area is 220 Å². The summed E-state index contributed by atoms with van der Waals surface area (Å²) in [6, 6.07) is 0. The van der Waals surface area contributed by atoms with Crippen LogP contribution in [0.3, 0.4) is 0 Å². The molecule has 5 unspecified atom stereocenters. The SMILES string of the molecule is CCC(C)C.CCCCC1C=CC(/C=C/C(C)(C)C(C)C(=O)OCC2CO2)CC1C(=O)OCOCC. The van der Waals surface area contributed by atoms with Crippen molar-refractivity contribution in [2.75, 3.05) is 26.6 Å². The number of hydrogen-bond donors (Lipinski definition) is 0. The van der Waals surface area contributed by atoms with E-state index in [0.29, 0.717) is 26.2 Å². The summed E-state index contributed by atoms with van der Waals surface area (Å²) in [6.45, 7) is 18.2. The minimum atomic E-state index is -0.362. The largest absolute Gasteiger partial charge is 0.463 e. The minimum absolute atomic E-state index is 0.00903. The molecular formula is C30H52O6. The monoisotopic (exact) mass is 508 g/mol. The first-order valence-corrected chi connectivity index (χ1v) is 14.0. The molecule has 1 saturated heterocycles.